The molecule has 10 nitrogen and oxygen atoms in total. The molecule has 0 unspecified atom stereocenters. The van der Waals surface area contributed by atoms with Gasteiger partial charge < -0.3 is 24.7 Å². The summed E-state index contributed by atoms with van der Waals surface area (Å²) in [6.07, 6.45) is -0.702. The average Bonchev–Trinajstić information content (AvgIpc) is 2.52. The average molecular weight is 432 g/mol. The van der Waals surface area contributed by atoms with E-state index in [1.807, 2.05) is 0 Å². The number of oxime groups is 1. The Morgan fingerprint density at radius 2 is 1.69 bits per heavy atom. The van der Waals surface area contributed by atoms with Gasteiger partial charge in [0.1, 0.15) is 23.5 Å². The van der Waals surface area contributed by atoms with Crippen LogP contribution in [0, 0.1) is 0 Å². The van der Waals surface area contributed by atoms with E-state index in [4.69, 9.17) is 14.3 Å². The van der Waals surface area contributed by atoms with Crippen LogP contribution in [-0.2, 0) is 23.9 Å². The Balaban J connectivity index is 4.71. The number of alkyl carbamates (subject to hydrolysis) is 1. The van der Waals surface area contributed by atoms with Crippen LogP contribution in [-0.4, -0.2) is 59.3 Å². The molecular formula is C18H29N3O7S. The lowest BCUT2D eigenvalue weighted by Crippen LogP contribution is -2.32. The van der Waals surface area contributed by atoms with E-state index in [1.54, 1.807) is 41.5 Å². The van der Waals surface area contributed by atoms with E-state index in [1.165, 1.54) is 5.41 Å². The molecule has 0 aliphatic rings. The zero-order chi connectivity index (χ0) is 22.7. The van der Waals surface area contributed by atoms with Crippen molar-refractivity contribution in [3.05, 3.63) is 11.1 Å². The van der Waals surface area contributed by atoms with E-state index in [-0.39, 0.29) is 24.6 Å². The van der Waals surface area contributed by atoms with Crippen LogP contribution in [0.1, 0.15) is 48.0 Å². The first-order chi connectivity index (χ1) is 13.2. The number of carboxylic acids is 1. The van der Waals surface area contributed by atoms with E-state index in [2.05, 4.69) is 22.2 Å². The first-order valence-electron chi connectivity index (χ1n) is 8.66. The Kier molecular flexibility index (Phi) is 11.0. The molecule has 0 aromatic rings. The molecule has 2 N–H and O–H groups in total. The van der Waals surface area contributed by atoms with Gasteiger partial charge in [0.05, 0.1) is 12.3 Å². The van der Waals surface area contributed by atoms with Crippen LogP contribution in [0.25, 0.3) is 0 Å². The topological polar surface area (TPSA) is 136 Å². The summed E-state index contributed by atoms with van der Waals surface area (Å²) in [6.45, 7) is 13.5. The number of carbonyl (C=O) groups excluding carboxylic acids is 2. The molecule has 164 valence electrons. The van der Waals surface area contributed by atoms with Gasteiger partial charge in [0, 0.05) is 5.41 Å². The van der Waals surface area contributed by atoms with Gasteiger partial charge in [0.15, 0.2) is 0 Å². The van der Waals surface area contributed by atoms with E-state index in [0.29, 0.717) is 0 Å². The molecule has 0 saturated heterocycles. The number of carbonyl (C=O) groups is 3. The van der Waals surface area contributed by atoms with Gasteiger partial charge in [-0.15, -0.1) is 11.8 Å². The molecular weight excluding hydrogens is 402 g/mol. The van der Waals surface area contributed by atoms with Gasteiger partial charge in [0.25, 0.3) is 0 Å². The van der Waals surface area contributed by atoms with Gasteiger partial charge in [-0.05, 0) is 48.3 Å². The number of thioether (sulfide) groups is 1. The van der Waals surface area contributed by atoms with Crippen molar-refractivity contribution in [3.8, 4) is 0 Å². The van der Waals surface area contributed by atoms with Crippen LogP contribution in [0.15, 0.2) is 21.3 Å². The molecule has 0 aliphatic heterocycles. The van der Waals surface area contributed by atoms with Gasteiger partial charge >= 0.3 is 18.0 Å². The lowest BCUT2D eigenvalue weighted by atomic mass is 10.2. The number of hydrogen-bond donors (Lipinski definition) is 2. The lowest BCUT2D eigenvalue weighted by molar-refractivity contribution is -0.156. The summed E-state index contributed by atoms with van der Waals surface area (Å²) in [5.41, 5.74) is -1.81. The molecule has 0 rings (SSSR count). The van der Waals surface area contributed by atoms with Crippen LogP contribution in [0.2, 0.25) is 0 Å². The molecule has 0 saturated carbocycles. The molecule has 11 heteroatoms. The minimum absolute atomic E-state index is 0.0641. The summed E-state index contributed by atoms with van der Waals surface area (Å²) in [4.78, 5) is 43.0. The molecule has 0 aliphatic carbocycles. The Hall–Kier alpha value is -2.56. The monoisotopic (exact) mass is 431 g/mol. The van der Waals surface area contributed by atoms with Gasteiger partial charge in [-0.1, -0.05) is 5.16 Å². The Morgan fingerprint density at radius 3 is 2.17 bits per heavy atom. The van der Waals surface area contributed by atoms with Crippen molar-refractivity contribution in [1.29, 1.82) is 0 Å². The van der Waals surface area contributed by atoms with Crippen LogP contribution in [0.5, 0.6) is 0 Å². The van der Waals surface area contributed by atoms with Crippen molar-refractivity contribution < 1.29 is 33.8 Å². The van der Waals surface area contributed by atoms with Crippen LogP contribution in [0.4, 0.5) is 4.79 Å². The molecule has 0 aromatic heterocycles. The number of nitrogens with one attached hydrogen (secondary N) is 1. The lowest BCUT2D eigenvalue weighted by Gasteiger charge is -2.19. The number of hydrogen-bond acceptors (Lipinski definition) is 9. The molecule has 0 bridgehead atoms. The standard InChI is InChI=1S/C18H29N3O7S/c1-17(2,3)27-13(22)8-9-26-21-14(15(23)24)12(19-7)10-29-11-20-16(25)28-18(4,5)6/h10H,7-9,11H2,1-6H3,(H,20,25)(H,23,24)/b12-10-,21-14-. The number of esters is 1. The quantitative estimate of drug-likeness (QED) is 0.177. The van der Waals surface area contributed by atoms with Gasteiger partial charge in [-0.3, -0.25) is 9.79 Å². The van der Waals surface area contributed by atoms with E-state index in [9.17, 15) is 19.5 Å². The minimum atomic E-state index is -1.39. The number of aliphatic imine (C=N–C) groups is 1. The molecule has 29 heavy (non-hydrogen) atoms. The van der Waals surface area contributed by atoms with Crippen molar-refractivity contribution >= 4 is 42.2 Å². The van der Waals surface area contributed by atoms with Gasteiger partial charge in [0.2, 0.25) is 5.71 Å². The maximum absolute atomic E-state index is 11.6. The van der Waals surface area contributed by atoms with Crippen molar-refractivity contribution in [1.82, 2.24) is 5.32 Å². The third kappa shape index (κ3) is 14.1. The fourth-order valence-corrected chi connectivity index (χ4v) is 2.16. The third-order valence-electron chi connectivity index (χ3n) is 2.48. The summed E-state index contributed by atoms with van der Waals surface area (Å²) < 4.78 is 10.2. The third-order valence-corrected chi connectivity index (χ3v) is 3.18. The summed E-state index contributed by atoms with van der Waals surface area (Å²) in [5.74, 6) is -1.77. The molecule has 0 atom stereocenters. The highest BCUT2D eigenvalue weighted by molar-refractivity contribution is 8.02. The number of aliphatic carboxylic acids is 1. The SMILES string of the molecule is C=NC(=C\SCNC(=O)OC(C)(C)C)/C(=N/OCCC(=O)OC(C)(C)C)C(=O)O. The Labute approximate surface area is 174 Å². The fourth-order valence-electron chi connectivity index (χ4n) is 1.53. The summed E-state index contributed by atoms with van der Waals surface area (Å²) in [5, 5.41) is 16.6. The molecule has 0 heterocycles. The predicted octanol–water partition coefficient (Wildman–Crippen LogP) is 2.93. The second-order valence-electron chi connectivity index (χ2n) is 7.57. The highest BCUT2D eigenvalue weighted by Crippen LogP contribution is 2.12. The maximum atomic E-state index is 11.6. The first-order valence-corrected chi connectivity index (χ1v) is 9.71. The molecule has 1 amide bonds. The van der Waals surface area contributed by atoms with Crippen molar-refractivity contribution in [2.75, 3.05) is 12.5 Å². The summed E-state index contributed by atoms with van der Waals surface area (Å²) >= 11 is 1.05. The fraction of sp³-hybridized carbons (Fsp3) is 0.611. The zero-order valence-corrected chi connectivity index (χ0v) is 18.4. The smallest absolute Gasteiger partial charge is 0.408 e. The number of carboxylic acid groups (broad SMARTS) is 1. The summed E-state index contributed by atoms with van der Waals surface area (Å²) in [6, 6.07) is 0. The van der Waals surface area contributed by atoms with Gasteiger partial charge in [-0.25, -0.2) is 9.59 Å². The predicted molar refractivity (Wildman–Crippen MR) is 111 cm³/mol. The van der Waals surface area contributed by atoms with E-state index in [0.717, 1.165) is 11.8 Å². The maximum Gasteiger partial charge on any atom is 0.408 e. The normalized spacial score (nSPS) is 12.8. The number of ether oxygens (including phenoxy) is 2. The van der Waals surface area contributed by atoms with E-state index < -0.39 is 34.9 Å². The zero-order valence-electron chi connectivity index (χ0n) is 17.6. The van der Waals surface area contributed by atoms with Crippen molar-refractivity contribution in [2.45, 2.75) is 59.2 Å². The first kappa shape index (κ1) is 26.4. The van der Waals surface area contributed by atoms with Crippen LogP contribution in [0.3, 0.4) is 0 Å². The Bertz CT molecular complexity index is 661. The van der Waals surface area contributed by atoms with Crippen molar-refractivity contribution in [3.63, 3.8) is 0 Å². The highest BCUT2D eigenvalue weighted by Gasteiger charge is 2.18. The number of amides is 1. The van der Waals surface area contributed by atoms with E-state index >= 15 is 0 Å². The van der Waals surface area contributed by atoms with Crippen molar-refractivity contribution in [2.24, 2.45) is 10.1 Å². The largest absolute Gasteiger partial charge is 0.476 e. The molecule has 0 spiro atoms. The molecule has 0 fully saturated rings. The second kappa shape index (κ2) is 12.1. The highest BCUT2D eigenvalue weighted by atomic mass is 32.2. The van der Waals surface area contributed by atoms with Crippen LogP contribution >= 0.6 is 11.8 Å². The molecule has 0 aromatic carbocycles. The van der Waals surface area contributed by atoms with Gasteiger partial charge in [-0.2, -0.15) is 0 Å². The minimum Gasteiger partial charge on any atom is -0.476 e. The molecule has 0 radical (unpaired) electrons. The summed E-state index contributed by atoms with van der Waals surface area (Å²) in [7, 11) is 0. The second-order valence-corrected chi connectivity index (χ2v) is 8.42. The number of rotatable bonds is 10. The van der Waals surface area contributed by atoms with Crippen LogP contribution < -0.4 is 5.32 Å². The number of nitrogens with zero attached hydrogens (tertiary/aromatic N) is 2. The Morgan fingerprint density at radius 1 is 1.10 bits per heavy atom.